The number of benzene rings is 1. The van der Waals surface area contributed by atoms with Crippen LogP contribution >= 0.6 is 0 Å². The number of hydrogen-bond donors (Lipinski definition) is 2. The molecule has 0 aromatic heterocycles. The summed E-state index contributed by atoms with van der Waals surface area (Å²) in [4.78, 5) is 0. The minimum Gasteiger partial charge on any atom is -0.507 e. The number of likely N-dealkylation sites (N-methyl/N-ethyl adjacent to an activating group) is 1. The van der Waals surface area contributed by atoms with E-state index in [9.17, 15) is 5.11 Å². The molecule has 14 heavy (non-hydrogen) atoms. The Hall–Kier alpha value is -1.02. The molecule has 0 unspecified atom stereocenters. The second kappa shape index (κ2) is 5.01. The highest BCUT2D eigenvalue weighted by molar-refractivity contribution is 5.43. The summed E-state index contributed by atoms with van der Waals surface area (Å²) in [6.07, 6.45) is 1.91. The van der Waals surface area contributed by atoms with Gasteiger partial charge in [0.2, 0.25) is 0 Å². The van der Waals surface area contributed by atoms with E-state index >= 15 is 0 Å². The summed E-state index contributed by atoms with van der Waals surface area (Å²) in [7, 11) is 1.92. The lowest BCUT2D eigenvalue weighted by Gasteiger charge is -2.09. The molecule has 2 heteroatoms. The predicted octanol–water partition coefficient (Wildman–Crippen LogP) is 2.02. The number of phenolic OH excluding ortho intramolecular Hbond substituents is 1. The van der Waals surface area contributed by atoms with Gasteiger partial charge in [-0.25, -0.2) is 0 Å². The van der Waals surface area contributed by atoms with Gasteiger partial charge in [-0.05, 0) is 50.0 Å². The Morgan fingerprint density at radius 3 is 2.64 bits per heavy atom. The topological polar surface area (TPSA) is 32.3 Å². The SMILES string of the molecule is CCc1cc(C)c(O)c(CCNC)c1. The van der Waals surface area contributed by atoms with Gasteiger partial charge in [0.1, 0.15) is 5.75 Å². The maximum Gasteiger partial charge on any atom is 0.121 e. The first-order chi connectivity index (χ1) is 6.69. The number of aromatic hydroxyl groups is 1. The van der Waals surface area contributed by atoms with Gasteiger partial charge in [-0.15, -0.1) is 0 Å². The molecule has 0 radical (unpaired) electrons. The predicted molar refractivity (Wildman–Crippen MR) is 59.9 cm³/mol. The molecule has 0 spiro atoms. The monoisotopic (exact) mass is 193 g/mol. The van der Waals surface area contributed by atoms with Crippen LogP contribution < -0.4 is 5.32 Å². The fraction of sp³-hybridized carbons (Fsp3) is 0.500. The van der Waals surface area contributed by atoms with Crippen molar-refractivity contribution in [2.45, 2.75) is 26.7 Å². The molecule has 78 valence electrons. The van der Waals surface area contributed by atoms with Crippen molar-refractivity contribution in [3.8, 4) is 5.75 Å². The van der Waals surface area contributed by atoms with Crippen molar-refractivity contribution in [1.82, 2.24) is 5.32 Å². The lowest BCUT2D eigenvalue weighted by Crippen LogP contribution is -2.10. The van der Waals surface area contributed by atoms with Crippen LogP contribution in [-0.4, -0.2) is 18.7 Å². The average Bonchev–Trinajstić information content (AvgIpc) is 2.20. The molecule has 2 N–H and O–H groups in total. The first kappa shape index (κ1) is 11.1. The van der Waals surface area contributed by atoms with E-state index in [1.54, 1.807) is 0 Å². The molecule has 0 atom stereocenters. The Kier molecular flexibility index (Phi) is 3.96. The Labute approximate surface area is 86.0 Å². The molecule has 0 aliphatic carbocycles. The summed E-state index contributed by atoms with van der Waals surface area (Å²) in [6.45, 7) is 4.99. The van der Waals surface area contributed by atoms with Crippen molar-refractivity contribution in [3.63, 3.8) is 0 Å². The first-order valence-corrected chi connectivity index (χ1v) is 5.15. The van der Waals surface area contributed by atoms with Crippen LogP contribution in [0.4, 0.5) is 0 Å². The second-order valence-electron chi connectivity index (χ2n) is 3.63. The van der Waals surface area contributed by atoms with Crippen LogP contribution in [0.1, 0.15) is 23.6 Å². The van der Waals surface area contributed by atoms with Crippen LogP contribution in [-0.2, 0) is 12.8 Å². The summed E-state index contributed by atoms with van der Waals surface area (Å²) >= 11 is 0. The van der Waals surface area contributed by atoms with Crippen molar-refractivity contribution in [2.24, 2.45) is 0 Å². The maximum atomic E-state index is 9.82. The summed E-state index contributed by atoms with van der Waals surface area (Å²) in [5, 5.41) is 12.9. The fourth-order valence-corrected chi connectivity index (χ4v) is 1.59. The molecule has 1 aromatic carbocycles. The van der Waals surface area contributed by atoms with Gasteiger partial charge >= 0.3 is 0 Å². The summed E-state index contributed by atoms with van der Waals surface area (Å²) in [5.74, 6) is 0.456. The standard InChI is InChI=1S/C12H19NO/c1-4-10-7-9(2)12(14)11(8-10)5-6-13-3/h7-8,13-14H,4-6H2,1-3H3. The average molecular weight is 193 g/mol. The zero-order valence-corrected chi connectivity index (χ0v) is 9.22. The lowest BCUT2D eigenvalue weighted by molar-refractivity contribution is 0.463. The molecular formula is C12H19NO. The number of phenols is 1. The molecule has 2 nitrogen and oxygen atoms in total. The number of aryl methyl sites for hydroxylation is 2. The van der Waals surface area contributed by atoms with Crippen LogP contribution in [0.3, 0.4) is 0 Å². The molecule has 0 heterocycles. The molecule has 1 rings (SSSR count). The highest BCUT2D eigenvalue weighted by Gasteiger charge is 2.05. The van der Waals surface area contributed by atoms with E-state index in [-0.39, 0.29) is 0 Å². The van der Waals surface area contributed by atoms with Crippen molar-refractivity contribution in [3.05, 3.63) is 28.8 Å². The minimum atomic E-state index is 0.456. The van der Waals surface area contributed by atoms with Crippen molar-refractivity contribution < 1.29 is 5.11 Å². The van der Waals surface area contributed by atoms with E-state index in [2.05, 4.69) is 24.4 Å². The third-order valence-electron chi connectivity index (χ3n) is 2.49. The molecular weight excluding hydrogens is 174 g/mol. The molecule has 1 aromatic rings. The Bertz CT molecular complexity index is 307. The maximum absolute atomic E-state index is 9.82. The number of rotatable bonds is 4. The largest absolute Gasteiger partial charge is 0.507 e. The molecule has 0 bridgehead atoms. The second-order valence-corrected chi connectivity index (χ2v) is 3.63. The van der Waals surface area contributed by atoms with Gasteiger partial charge < -0.3 is 10.4 Å². The van der Waals surface area contributed by atoms with Gasteiger partial charge in [-0.3, -0.25) is 0 Å². The molecule has 0 saturated heterocycles. The molecule has 0 aliphatic rings. The summed E-state index contributed by atoms with van der Waals surface area (Å²) in [5.41, 5.74) is 3.33. The summed E-state index contributed by atoms with van der Waals surface area (Å²) < 4.78 is 0. The quantitative estimate of drug-likeness (QED) is 0.767. The van der Waals surface area contributed by atoms with E-state index in [0.717, 1.165) is 30.5 Å². The summed E-state index contributed by atoms with van der Waals surface area (Å²) in [6, 6.07) is 4.15. The van der Waals surface area contributed by atoms with E-state index in [0.29, 0.717) is 5.75 Å². The van der Waals surface area contributed by atoms with Gasteiger partial charge in [-0.2, -0.15) is 0 Å². The highest BCUT2D eigenvalue weighted by Crippen LogP contribution is 2.24. The Morgan fingerprint density at radius 1 is 1.36 bits per heavy atom. The van der Waals surface area contributed by atoms with Crippen molar-refractivity contribution in [2.75, 3.05) is 13.6 Å². The van der Waals surface area contributed by atoms with Gasteiger partial charge in [0, 0.05) is 0 Å². The normalized spacial score (nSPS) is 10.5. The van der Waals surface area contributed by atoms with Crippen molar-refractivity contribution >= 4 is 0 Å². The van der Waals surface area contributed by atoms with Crippen LogP contribution in [0.2, 0.25) is 0 Å². The van der Waals surface area contributed by atoms with Crippen LogP contribution in [0.5, 0.6) is 5.75 Å². The zero-order chi connectivity index (χ0) is 10.6. The van der Waals surface area contributed by atoms with Gasteiger partial charge in [0.25, 0.3) is 0 Å². The van der Waals surface area contributed by atoms with Crippen molar-refractivity contribution in [1.29, 1.82) is 0 Å². The van der Waals surface area contributed by atoms with Gasteiger partial charge in [0.15, 0.2) is 0 Å². The molecule has 0 aliphatic heterocycles. The van der Waals surface area contributed by atoms with Gasteiger partial charge in [-0.1, -0.05) is 19.1 Å². The minimum absolute atomic E-state index is 0.456. The van der Waals surface area contributed by atoms with Crippen LogP contribution in [0, 0.1) is 6.92 Å². The lowest BCUT2D eigenvalue weighted by atomic mass is 10.0. The fourth-order valence-electron chi connectivity index (χ4n) is 1.59. The smallest absolute Gasteiger partial charge is 0.121 e. The van der Waals surface area contributed by atoms with E-state index < -0.39 is 0 Å². The zero-order valence-electron chi connectivity index (χ0n) is 9.22. The molecule has 0 amide bonds. The Balaban J connectivity index is 2.95. The van der Waals surface area contributed by atoms with Gasteiger partial charge in [0.05, 0.1) is 0 Å². The van der Waals surface area contributed by atoms with E-state index in [4.69, 9.17) is 0 Å². The van der Waals surface area contributed by atoms with Crippen LogP contribution in [0.25, 0.3) is 0 Å². The number of nitrogens with one attached hydrogen (secondary N) is 1. The van der Waals surface area contributed by atoms with E-state index in [1.807, 2.05) is 14.0 Å². The first-order valence-electron chi connectivity index (χ1n) is 5.15. The third-order valence-corrected chi connectivity index (χ3v) is 2.49. The Morgan fingerprint density at radius 2 is 2.07 bits per heavy atom. The highest BCUT2D eigenvalue weighted by atomic mass is 16.3. The van der Waals surface area contributed by atoms with Crippen LogP contribution in [0.15, 0.2) is 12.1 Å². The third kappa shape index (κ3) is 2.48. The molecule has 0 fully saturated rings. The van der Waals surface area contributed by atoms with E-state index in [1.165, 1.54) is 5.56 Å². The number of hydrogen-bond acceptors (Lipinski definition) is 2. The molecule has 0 saturated carbocycles.